The Bertz CT molecular complexity index is 809. The zero-order chi connectivity index (χ0) is 19.3. The lowest BCUT2D eigenvalue weighted by Gasteiger charge is -2.15. The maximum absolute atomic E-state index is 12.5. The summed E-state index contributed by atoms with van der Waals surface area (Å²) in [5, 5.41) is 21.4. The van der Waals surface area contributed by atoms with Crippen LogP contribution in [0, 0.1) is 13.8 Å². The Labute approximate surface area is 151 Å². The van der Waals surface area contributed by atoms with E-state index >= 15 is 0 Å². The third-order valence-electron chi connectivity index (χ3n) is 3.88. The molecule has 1 aromatic carbocycles. The van der Waals surface area contributed by atoms with Gasteiger partial charge in [-0.05, 0) is 38.5 Å². The number of carbonyl (C=O) groups excluding carboxylic acids is 2. The van der Waals surface area contributed by atoms with Crippen LogP contribution < -0.4 is 10.6 Å². The van der Waals surface area contributed by atoms with Gasteiger partial charge in [-0.15, -0.1) is 0 Å². The van der Waals surface area contributed by atoms with E-state index in [1.165, 1.54) is 6.07 Å². The molecule has 2 rings (SSSR count). The third kappa shape index (κ3) is 4.47. The molecule has 8 nitrogen and oxygen atoms in total. The number of carboxylic acids is 1. The fourth-order valence-electron chi connectivity index (χ4n) is 2.65. The summed E-state index contributed by atoms with van der Waals surface area (Å²) in [7, 11) is 0. The van der Waals surface area contributed by atoms with Crippen LogP contribution in [0.5, 0.6) is 0 Å². The molecule has 1 aromatic heterocycles. The normalized spacial score (nSPS) is 11.7. The first-order chi connectivity index (χ1) is 12.3. The van der Waals surface area contributed by atoms with Crippen LogP contribution in [-0.2, 0) is 9.59 Å². The lowest BCUT2D eigenvalue weighted by Crippen LogP contribution is -2.34. The molecule has 0 saturated carbocycles. The van der Waals surface area contributed by atoms with Gasteiger partial charge in [-0.2, -0.15) is 5.10 Å². The highest BCUT2D eigenvalue weighted by atomic mass is 16.4. The fraction of sp³-hybridized carbons (Fsp3) is 0.333. The number of aliphatic carboxylic acids is 1. The van der Waals surface area contributed by atoms with Crippen molar-refractivity contribution in [2.75, 3.05) is 5.32 Å². The second-order valence-electron chi connectivity index (χ2n) is 5.97. The lowest BCUT2D eigenvalue weighted by molar-refractivity contribution is -0.139. The number of nitrogens with zero attached hydrogens (tertiary/aromatic N) is 1. The maximum atomic E-state index is 12.5. The molecule has 1 atom stereocenters. The van der Waals surface area contributed by atoms with E-state index in [-0.39, 0.29) is 11.5 Å². The third-order valence-corrected chi connectivity index (χ3v) is 3.88. The van der Waals surface area contributed by atoms with Crippen molar-refractivity contribution in [3.63, 3.8) is 0 Å². The van der Waals surface area contributed by atoms with Crippen molar-refractivity contribution < 1.29 is 19.5 Å². The van der Waals surface area contributed by atoms with Crippen LogP contribution in [0.25, 0.3) is 0 Å². The first-order valence-electron chi connectivity index (χ1n) is 8.28. The largest absolute Gasteiger partial charge is 0.479 e. The van der Waals surface area contributed by atoms with Gasteiger partial charge in [0.2, 0.25) is 5.91 Å². The van der Waals surface area contributed by atoms with E-state index in [0.717, 1.165) is 6.42 Å². The Hall–Kier alpha value is -3.16. The van der Waals surface area contributed by atoms with E-state index in [1.54, 1.807) is 32.0 Å². The standard InChI is InChI=1S/C18H22N4O4/c1-4-6-14(23)19-13-8-5-7-12(9-13)17(24)20-16(18(25)26)15-10(2)21-22-11(15)3/h5,7-9,16H,4,6H2,1-3H3,(H,19,23)(H,20,24)(H,21,22)(H,25,26)/t16-/m0/s1. The molecule has 2 aromatic rings. The molecule has 0 aliphatic rings. The lowest BCUT2D eigenvalue weighted by atomic mass is 10.0. The quantitative estimate of drug-likeness (QED) is 0.605. The van der Waals surface area contributed by atoms with E-state index in [2.05, 4.69) is 20.8 Å². The average Bonchev–Trinajstić information content (AvgIpc) is 2.91. The van der Waals surface area contributed by atoms with Crippen molar-refractivity contribution in [3.05, 3.63) is 46.8 Å². The summed E-state index contributed by atoms with van der Waals surface area (Å²) in [5.74, 6) is -1.87. The van der Waals surface area contributed by atoms with Gasteiger partial charge < -0.3 is 15.7 Å². The number of amides is 2. The number of hydrogen-bond acceptors (Lipinski definition) is 4. The van der Waals surface area contributed by atoms with Gasteiger partial charge in [-0.1, -0.05) is 13.0 Å². The van der Waals surface area contributed by atoms with E-state index in [0.29, 0.717) is 29.1 Å². The Balaban J connectivity index is 2.20. The SMILES string of the molecule is CCCC(=O)Nc1cccc(C(=O)N[C@H](C(=O)O)c2c(C)n[nH]c2C)c1. The van der Waals surface area contributed by atoms with Crippen molar-refractivity contribution >= 4 is 23.5 Å². The topological polar surface area (TPSA) is 124 Å². The summed E-state index contributed by atoms with van der Waals surface area (Å²) in [4.78, 5) is 35.9. The molecule has 8 heteroatoms. The summed E-state index contributed by atoms with van der Waals surface area (Å²) in [6.45, 7) is 5.27. The van der Waals surface area contributed by atoms with E-state index in [9.17, 15) is 19.5 Å². The molecule has 0 bridgehead atoms. The molecule has 4 N–H and O–H groups in total. The highest BCUT2D eigenvalue weighted by molar-refractivity contribution is 5.99. The first kappa shape index (κ1) is 19.2. The molecule has 0 spiro atoms. The molecule has 0 aliphatic heterocycles. The number of rotatable bonds is 7. The van der Waals surface area contributed by atoms with E-state index in [4.69, 9.17) is 0 Å². The van der Waals surface area contributed by atoms with Gasteiger partial charge in [0.15, 0.2) is 6.04 Å². The summed E-state index contributed by atoms with van der Waals surface area (Å²) in [6.07, 6.45) is 1.10. The summed E-state index contributed by atoms with van der Waals surface area (Å²) in [6, 6.07) is 5.14. The number of H-pyrrole nitrogens is 1. The second-order valence-corrected chi connectivity index (χ2v) is 5.97. The highest BCUT2D eigenvalue weighted by Crippen LogP contribution is 2.21. The average molecular weight is 358 g/mol. The number of hydrogen-bond donors (Lipinski definition) is 4. The molecular formula is C18H22N4O4. The van der Waals surface area contributed by atoms with E-state index < -0.39 is 17.9 Å². The van der Waals surface area contributed by atoms with Crippen molar-refractivity contribution in [1.82, 2.24) is 15.5 Å². The van der Waals surface area contributed by atoms with Crippen molar-refractivity contribution in [2.24, 2.45) is 0 Å². The maximum Gasteiger partial charge on any atom is 0.331 e. The molecule has 1 heterocycles. The Morgan fingerprint density at radius 1 is 1.27 bits per heavy atom. The van der Waals surface area contributed by atoms with Crippen molar-refractivity contribution in [3.8, 4) is 0 Å². The van der Waals surface area contributed by atoms with Crippen LogP contribution in [0.15, 0.2) is 24.3 Å². The van der Waals surface area contributed by atoms with Crippen LogP contribution in [0.2, 0.25) is 0 Å². The summed E-state index contributed by atoms with van der Waals surface area (Å²) >= 11 is 0. The molecule has 0 fully saturated rings. The highest BCUT2D eigenvalue weighted by Gasteiger charge is 2.27. The second kappa shape index (κ2) is 8.28. The number of nitrogens with one attached hydrogen (secondary N) is 3. The fourth-order valence-corrected chi connectivity index (χ4v) is 2.65. The van der Waals surface area contributed by atoms with Gasteiger partial charge in [0, 0.05) is 28.9 Å². The van der Waals surface area contributed by atoms with Gasteiger partial charge in [0.05, 0.1) is 5.69 Å². The predicted molar refractivity (Wildman–Crippen MR) is 95.9 cm³/mol. The number of carbonyl (C=O) groups is 3. The Morgan fingerprint density at radius 2 is 2.00 bits per heavy atom. The van der Waals surface area contributed by atoms with Crippen LogP contribution in [0.3, 0.4) is 0 Å². The molecule has 0 aliphatic carbocycles. The Morgan fingerprint density at radius 3 is 2.58 bits per heavy atom. The van der Waals surface area contributed by atoms with Gasteiger partial charge in [-0.3, -0.25) is 14.7 Å². The molecule has 26 heavy (non-hydrogen) atoms. The van der Waals surface area contributed by atoms with Crippen molar-refractivity contribution in [1.29, 1.82) is 0 Å². The van der Waals surface area contributed by atoms with E-state index in [1.807, 2.05) is 6.92 Å². The minimum absolute atomic E-state index is 0.141. The minimum atomic E-state index is -1.22. The number of carboxylic acid groups (broad SMARTS) is 1. The predicted octanol–water partition coefficient (Wildman–Crippen LogP) is 2.32. The van der Waals surface area contributed by atoms with Crippen LogP contribution in [0.1, 0.15) is 53.1 Å². The Kier molecular flexibility index (Phi) is 6.11. The van der Waals surface area contributed by atoms with Crippen molar-refractivity contribution in [2.45, 2.75) is 39.7 Å². The zero-order valence-electron chi connectivity index (χ0n) is 14.9. The number of benzene rings is 1. The number of aromatic nitrogens is 2. The van der Waals surface area contributed by atoms with Crippen LogP contribution in [-0.4, -0.2) is 33.1 Å². The molecule has 138 valence electrons. The molecular weight excluding hydrogens is 336 g/mol. The smallest absolute Gasteiger partial charge is 0.331 e. The first-order valence-corrected chi connectivity index (χ1v) is 8.28. The van der Waals surface area contributed by atoms with Crippen LogP contribution >= 0.6 is 0 Å². The molecule has 0 radical (unpaired) electrons. The summed E-state index contributed by atoms with van der Waals surface area (Å²) in [5.41, 5.74) is 2.26. The molecule has 0 saturated heterocycles. The van der Waals surface area contributed by atoms with Gasteiger partial charge in [-0.25, -0.2) is 4.79 Å². The summed E-state index contributed by atoms with van der Waals surface area (Å²) < 4.78 is 0. The zero-order valence-corrected chi connectivity index (χ0v) is 14.9. The minimum Gasteiger partial charge on any atom is -0.479 e. The van der Waals surface area contributed by atoms with Gasteiger partial charge in [0.25, 0.3) is 5.91 Å². The molecule has 0 unspecified atom stereocenters. The number of aromatic amines is 1. The number of aryl methyl sites for hydroxylation is 2. The van der Waals surface area contributed by atoms with Crippen LogP contribution in [0.4, 0.5) is 5.69 Å². The number of anilines is 1. The van der Waals surface area contributed by atoms with Gasteiger partial charge in [0.1, 0.15) is 0 Å². The molecule has 2 amide bonds. The van der Waals surface area contributed by atoms with Gasteiger partial charge >= 0.3 is 5.97 Å². The monoisotopic (exact) mass is 358 g/mol.